The summed E-state index contributed by atoms with van der Waals surface area (Å²) in [4.78, 5) is 25.6. The smallest absolute Gasteiger partial charge is 0.367 e. The second-order valence-electron chi connectivity index (χ2n) is 8.40. The van der Waals surface area contributed by atoms with Crippen LogP contribution in [0.2, 0.25) is 0 Å². The number of urea groups is 1. The van der Waals surface area contributed by atoms with Crippen LogP contribution in [-0.2, 0) is 12.6 Å². The van der Waals surface area contributed by atoms with Crippen LogP contribution in [0.4, 0.5) is 35.2 Å². The lowest BCUT2D eigenvalue weighted by atomic mass is 10.1. The number of hydrogen-bond donors (Lipinski definition) is 3. The molecular formula is C27H22F3N7O. The van der Waals surface area contributed by atoms with Gasteiger partial charge in [0.05, 0.1) is 11.3 Å². The van der Waals surface area contributed by atoms with Crippen molar-refractivity contribution in [1.29, 1.82) is 0 Å². The Labute approximate surface area is 215 Å². The van der Waals surface area contributed by atoms with E-state index in [4.69, 9.17) is 4.98 Å². The number of alkyl halides is 3. The van der Waals surface area contributed by atoms with Crippen molar-refractivity contribution in [2.45, 2.75) is 12.6 Å². The van der Waals surface area contributed by atoms with Crippen molar-refractivity contribution in [1.82, 2.24) is 19.4 Å². The van der Waals surface area contributed by atoms with E-state index in [0.717, 1.165) is 29.7 Å². The van der Waals surface area contributed by atoms with E-state index in [-0.39, 0.29) is 5.69 Å². The number of nitrogens with zero attached hydrogens (tertiary/aromatic N) is 4. The van der Waals surface area contributed by atoms with Crippen molar-refractivity contribution >= 4 is 28.9 Å². The van der Waals surface area contributed by atoms with Gasteiger partial charge in [-0.2, -0.15) is 13.2 Å². The highest BCUT2D eigenvalue weighted by Gasteiger charge is 2.30. The van der Waals surface area contributed by atoms with Gasteiger partial charge in [-0.15, -0.1) is 0 Å². The molecule has 0 aliphatic rings. The summed E-state index contributed by atoms with van der Waals surface area (Å²) in [5.74, 6) is 0.613. The minimum atomic E-state index is -4.50. The zero-order chi connectivity index (χ0) is 26.5. The monoisotopic (exact) mass is 517 g/mol. The molecule has 0 fully saturated rings. The van der Waals surface area contributed by atoms with Crippen LogP contribution >= 0.6 is 0 Å². The largest absolute Gasteiger partial charge is 0.416 e. The van der Waals surface area contributed by atoms with Crippen molar-refractivity contribution < 1.29 is 18.0 Å². The first-order chi connectivity index (χ1) is 18.3. The zero-order valence-corrected chi connectivity index (χ0v) is 19.9. The van der Waals surface area contributed by atoms with E-state index in [1.165, 1.54) is 12.1 Å². The normalized spacial score (nSPS) is 11.3. The lowest BCUT2D eigenvalue weighted by molar-refractivity contribution is -0.137. The van der Waals surface area contributed by atoms with Gasteiger partial charge in [0.2, 0.25) is 0 Å². The first-order valence-electron chi connectivity index (χ1n) is 11.7. The Morgan fingerprint density at radius 2 is 1.66 bits per heavy atom. The summed E-state index contributed by atoms with van der Waals surface area (Å²) in [5, 5.41) is 8.44. The van der Waals surface area contributed by atoms with Crippen LogP contribution in [0.15, 0.2) is 91.6 Å². The summed E-state index contributed by atoms with van der Waals surface area (Å²) in [6.45, 7) is 0.639. The van der Waals surface area contributed by atoms with E-state index in [9.17, 15) is 18.0 Å². The van der Waals surface area contributed by atoms with Crippen LogP contribution in [0.25, 0.3) is 16.9 Å². The molecule has 0 bridgehead atoms. The SMILES string of the molecule is O=C(Nc1cccc(-c2cn3ccnc3c(NCCc3ccncc3)n2)c1)Nc1cccc(C(F)(F)F)c1. The Kier molecular flexibility index (Phi) is 6.90. The Balaban J connectivity index is 1.31. The van der Waals surface area contributed by atoms with Gasteiger partial charge in [0.25, 0.3) is 0 Å². The van der Waals surface area contributed by atoms with Crippen LogP contribution in [0.5, 0.6) is 0 Å². The van der Waals surface area contributed by atoms with E-state index in [2.05, 4.69) is 25.9 Å². The number of benzene rings is 2. The molecule has 2 amide bonds. The van der Waals surface area contributed by atoms with Gasteiger partial charge in [-0.05, 0) is 54.4 Å². The average Bonchev–Trinajstić information content (AvgIpc) is 3.38. The minimum Gasteiger partial charge on any atom is -0.367 e. The predicted octanol–water partition coefficient (Wildman–Crippen LogP) is 6.11. The van der Waals surface area contributed by atoms with Crippen LogP contribution in [0.1, 0.15) is 11.1 Å². The average molecular weight is 518 g/mol. The van der Waals surface area contributed by atoms with E-state index < -0.39 is 17.8 Å². The molecule has 5 rings (SSSR count). The lowest BCUT2D eigenvalue weighted by Crippen LogP contribution is -2.19. The van der Waals surface area contributed by atoms with Gasteiger partial charge in [-0.25, -0.2) is 14.8 Å². The quantitative estimate of drug-likeness (QED) is 0.242. The van der Waals surface area contributed by atoms with Crippen LogP contribution in [0, 0.1) is 0 Å². The number of rotatable bonds is 7. The fourth-order valence-electron chi connectivity index (χ4n) is 3.89. The molecule has 3 heterocycles. The summed E-state index contributed by atoms with van der Waals surface area (Å²) >= 11 is 0. The number of fused-ring (bicyclic) bond motifs is 1. The number of amides is 2. The number of carbonyl (C=O) groups is 1. The van der Waals surface area contributed by atoms with Crippen LogP contribution in [-0.4, -0.2) is 31.9 Å². The molecule has 0 atom stereocenters. The predicted molar refractivity (Wildman–Crippen MR) is 139 cm³/mol. The molecule has 3 N–H and O–H groups in total. The molecule has 0 radical (unpaired) electrons. The number of nitrogens with one attached hydrogen (secondary N) is 3. The second kappa shape index (κ2) is 10.6. The van der Waals surface area contributed by atoms with Gasteiger partial charge < -0.3 is 20.4 Å². The third-order valence-electron chi connectivity index (χ3n) is 5.69. The number of carbonyl (C=O) groups excluding carboxylic acids is 1. The molecule has 0 saturated carbocycles. The summed E-state index contributed by atoms with van der Waals surface area (Å²) < 4.78 is 40.7. The summed E-state index contributed by atoms with van der Waals surface area (Å²) in [6, 6.07) is 14.7. The van der Waals surface area contributed by atoms with Crippen molar-refractivity contribution in [3.8, 4) is 11.3 Å². The number of aromatic nitrogens is 4. The molecule has 5 aromatic rings. The molecular weight excluding hydrogens is 495 g/mol. The van der Waals surface area contributed by atoms with Gasteiger partial charge >= 0.3 is 12.2 Å². The van der Waals surface area contributed by atoms with Crippen molar-refractivity contribution in [2.24, 2.45) is 0 Å². The highest BCUT2D eigenvalue weighted by Crippen LogP contribution is 2.31. The van der Waals surface area contributed by atoms with E-state index >= 15 is 0 Å². The van der Waals surface area contributed by atoms with Crippen LogP contribution < -0.4 is 16.0 Å². The first-order valence-corrected chi connectivity index (χ1v) is 11.7. The van der Waals surface area contributed by atoms with E-state index in [1.807, 2.05) is 35.0 Å². The molecule has 0 aliphatic heterocycles. The Morgan fingerprint density at radius 1 is 0.921 bits per heavy atom. The number of pyridine rings is 1. The van der Waals surface area contributed by atoms with Crippen molar-refractivity contribution in [2.75, 3.05) is 22.5 Å². The maximum Gasteiger partial charge on any atom is 0.416 e. The molecule has 2 aromatic carbocycles. The molecule has 11 heteroatoms. The molecule has 8 nitrogen and oxygen atoms in total. The van der Waals surface area contributed by atoms with Gasteiger partial charge in [0.1, 0.15) is 0 Å². The van der Waals surface area contributed by atoms with Crippen molar-refractivity contribution in [3.05, 3.63) is 103 Å². The number of anilines is 3. The zero-order valence-electron chi connectivity index (χ0n) is 19.9. The molecule has 3 aromatic heterocycles. The topological polar surface area (TPSA) is 96.2 Å². The molecule has 0 saturated heterocycles. The summed E-state index contributed by atoms with van der Waals surface area (Å²) in [7, 11) is 0. The maximum absolute atomic E-state index is 13.0. The Bertz CT molecular complexity index is 1570. The molecule has 0 spiro atoms. The number of imidazole rings is 1. The molecule has 192 valence electrons. The van der Waals surface area contributed by atoms with Gasteiger partial charge in [-0.3, -0.25) is 4.98 Å². The third-order valence-corrected chi connectivity index (χ3v) is 5.69. The Hall–Kier alpha value is -4.93. The first kappa shape index (κ1) is 24.8. The Morgan fingerprint density at radius 3 is 2.42 bits per heavy atom. The van der Waals surface area contributed by atoms with Crippen molar-refractivity contribution in [3.63, 3.8) is 0 Å². The van der Waals surface area contributed by atoms with E-state index in [1.54, 1.807) is 36.8 Å². The summed E-state index contributed by atoms with van der Waals surface area (Å²) in [6.07, 6.45) is 5.12. The standard InChI is InChI=1S/C27H22F3N7O/c28-27(29,30)20-4-2-6-22(16-20)35-26(38)34-21-5-1-3-19(15-21)23-17-37-14-13-33-25(37)24(36-23)32-12-9-18-7-10-31-11-8-18/h1-8,10-11,13-17H,9,12H2,(H,32,36)(H2,34,35,38). The highest BCUT2D eigenvalue weighted by molar-refractivity contribution is 6.00. The molecule has 0 aliphatic carbocycles. The summed E-state index contributed by atoms with van der Waals surface area (Å²) in [5.41, 5.74) is 2.83. The second-order valence-corrected chi connectivity index (χ2v) is 8.40. The fourth-order valence-corrected chi connectivity index (χ4v) is 3.89. The fraction of sp³-hybridized carbons (Fsp3) is 0.111. The molecule has 38 heavy (non-hydrogen) atoms. The molecule has 0 unspecified atom stereocenters. The number of halogens is 3. The van der Waals surface area contributed by atoms with Gasteiger partial charge in [0, 0.05) is 54.5 Å². The van der Waals surface area contributed by atoms with Gasteiger partial charge in [0.15, 0.2) is 11.5 Å². The van der Waals surface area contributed by atoms with E-state index in [0.29, 0.717) is 29.4 Å². The minimum absolute atomic E-state index is 0.0307. The van der Waals surface area contributed by atoms with Crippen LogP contribution in [0.3, 0.4) is 0 Å². The van der Waals surface area contributed by atoms with Gasteiger partial charge in [-0.1, -0.05) is 18.2 Å². The maximum atomic E-state index is 13.0. The third kappa shape index (κ3) is 5.89. The lowest BCUT2D eigenvalue weighted by Gasteiger charge is -2.12. The highest BCUT2D eigenvalue weighted by atomic mass is 19.4. The number of hydrogen-bond acceptors (Lipinski definition) is 5.